The summed E-state index contributed by atoms with van der Waals surface area (Å²) in [5, 5.41) is 0.515. The van der Waals surface area contributed by atoms with Crippen LogP contribution >= 0.6 is 0 Å². The van der Waals surface area contributed by atoms with E-state index in [0.717, 1.165) is 64.2 Å². The van der Waals surface area contributed by atoms with Crippen LogP contribution in [0.25, 0.3) is 10.9 Å². The normalized spacial score (nSPS) is 18.1. The van der Waals surface area contributed by atoms with Gasteiger partial charge in [0, 0.05) is 37.8 Å². The minimum absolute atomic E-state index is 0.141. The highest BCUT2D eigenvalue weighted by Gasteiger charge is 2.21. The van der Waals surface area contributed by atoms with Crippen LogP contribution in [0.2, 0.25) is 0 Å². The van der Waals surface area contributed by atoms with Crippen LogP contribution in [0.5, 0.6) is 11.5 Å². The van der Waals surface area contributed by atoms with Gasteiger partial charge in [-0.15, -0.1) is 0 Å². The lowest BCUT2D eigenvalue weighted by Crippen LogP contribution is -2.39. The third-order valence-electron chi connectivity index (χ3n) is 7.73. The number of halogens is 1. The highest BCUT2D eigenvalue weighted by atomic mass is 19.1. The van der Waals surface area contributed by atoms with Gasteiger partial charge < -0.3 is 19.3 Å². The predicted octanol–water partition coefficient (Wildman–Crippen LogP) is 6.10. The van der Waals surface area contributed by atoms with Gasteiger partial charge in [0.1, 0.15) is 28.9 Å². The fourth-order valence-electron chi connectivity index (χ4n) is 5.51. The number of likely N-dealkylation sites (tertiary alicyclic amines) is 2. The Morgan fingerprint density at radius 3 is 2.38 bits per heavy atom. The Labute approximate surface area is 220 Å². The molecule has 0 N–H and O–H groups in total. The number of piperidine rings is 1. The van der Waals surface area contributed by atoms with E-state index in [1.165, 1.54) is 50.4 Å². The molecule has 0 saturated carbocycles. The number of pyridine rings is 1. The van der Waals surface area contributed by atoms with Crippen LogP contribution in [0, 0.1) is 5.82 Å². The first-order valence-corrected chi connectivity index (χ1v) is 14.1. The van der Waals surface area contributed by atoms with Crippen LogP contribution < -0.4 is 9.47 Å². The zero-order valence-corrected chi connectivity index (χ0v) is 21.9. The summed E-state index contributed by atoms with van der Waals surface area (Å²) >= 11 is 0. The first kappa shape index (κ1) is 25.9. The van der Waals surface area contributed by atoms with E-state index in [4.69, 9.17) is 9.47 Å². The summed E-state index contributed by atoms with van der Waals surface area (Å²) in [5.74, 6) is 1.40. The van der Waals surface area contributed by atoms with Gasteiger partial charge >= 0.3 is 0 Å². The molecule has 37 heavy (non-hydrogen) atoms. The molecule has 0 amide bonds. The van der Waals surface area contributed by atoms with Gasteiger partial charge in [0.05, 0.1) is 6.61 Å². The summed E-state index contributed by atoms with van der Waals surface area (Å²) < 4.78 is 26.3. The molecule has 0 aliphatic carbocycles. The average molecular weight is 506 g/mol. The molecule has 5 nitrogen and oxygen atoms in total. The molecule has 0 unspecified atom stereocenters. The van der Waals surface area contributed by atoms with Crippen molar-refractivity contribution in [3.63, 3.8) is 0 Å². The molecule has 0 bridgehead atoms. The minimum Gasteiger partial charge on any atom is -0.494 e. The Hall–Kier alpha value is -2.70. The molecule has 2 fully saturated rings. The number of benzene rings is 2. The Kier molecular flexibility index (Phi) is 9.25. The quantitative estimate of drug-likeness (QED) is 0.311. The number of nitrogens with zero attached hydrogens (tertiary/aromatic N) is 3. The highest BCUT2D eigenvalue weighted by molar-refractivity contribution is 5.84. The lowest BCUT2D eigenvalue weighted by Gasteiger charge is -2.32. The second-order valence-electron chi connectivity index (χ2n) is 10.5. The summed E-state index contributed by atoms with van der Waals surface area (Å²) in [6, 6.07) is 15.3. The van der Waals surface area contributed by atoms with E-state index in [-0.39, 0.29) is 11.9 Å². The maximum Gasteiger partial charge on any atom is 0.146 e. The Balaban J connectivity index is 1.00. The van der Waals surface area contributed by atoms with Crippen molar-refractivity contribution in [2.45, 2.75) is 57.5 Å². The summed E-state index contributed by atoms with van der Waals surface area (Å²) in [5.41, 5.74) is 1.95. The molecule has 3 aromatic rings. The molecule has 2 aromatic carbocycles. The largest absolute Gasteiger partial charge is 0.494 e. The van der Waals surface area contributed by atoms with Crippen molar-refractivity contribution in [3.05, 3.63) is 66.1 Å². The van der Waals surface area contributed by atoms with Gasteiger partial charge in [-0.25, -0.2) is 4.39 Å². The fourth-order valence-corrected chi connectivity index (χ4v) is 5.51. The SMILES string of the molecule is Fc1ccc(OC2CCN(CCc3ccc(OCCCN4CCCCCC4)cc3)CC2)c2ncccc12. The lowest BCUT2D eigenvalue weighted by molar-refractivity contribution is 0.102. The molecule has 2 saturated heterocycles. The lowest BCUT2D eigenvalue weighted by atomic mass is 10.1. The number of fused-ring (bicyclic) bond motifs is 1. The van der Waals surface area contributed by atoms with E-state index >= 15 is 0 Å². The van der Waals surface area contributed by atoms with Crippen LogP contribution in [0.4, 0.5) is 4.39 Å². The van der Waals surface area contributed by atoms with Gasteiger partial charge in [0.25, 0.3) is 0 Å². The zero-order chi connectivity index (χ0) is 25.3. The topological polar surface area (TPSA) is 37.8 Å². The number of aromatic nitrogens is 1. The van der Waals surface area contributed by atoms with E-state index in [0.29, 0.717) is 16.7 Å². The van der Waals surface area contributed by atoms with Crippen molar-refractivity contribution < 1.29 is 13.9 Å². The van der Waals surface area contributed by atoms with E-state index in [2.05, 4.69) is 39.0 Å². The second kappa shape index (κ2) is 13.2. The van der Waals surface area contributed by atoms with Crippen molar-refractivity contribution in [1.82, 2.24) is 14.8 Å². The zero-order valence-electron chi connectivity index (χ0n) is 21.9. The smallest absolute Gasteiger partial charge is 0.146 e. The molecule has 198 valence electrons. The summed E-state index contributed by atoms with van der Waals surface area (Å²) in [4.78, 5) is 9.45. The van der Waals surface area contributed by atoms with Crippen LogP contribution in [0.15, 0.2) is 54.7 Å². The standard InChI is InChI=1S/C31H40FN3O2/c32-29-12-13-30(31-28(29)7-5-17-33-31)37-27-15-22-35(23-16-27)21-14-25-8-10-26(11-9-25)36-24-6-20-34-18-3-1-2-4-19-34/h5,7-13,17,27H,1-4,6,14-16,18-24H2. The van der Waals surface area contributed by atoms with Gasteiger partial charge in [-0.05, 0) is 93.6 Å². The van der Waals surface area contributed by atoms with Gasteiger partial charge in [0.15, 0.2) is 0 Å². The maximum absolute atomic E-state index is 14.1. The van der Waals surface area contributed by atoms with E-state index in [1.807, 2.05) is 0 Å². The van der Waals surface area contributed by atoms with Crippen LogP contribution in [0.3, 0.4) is 0 Å². The Morgan fingerprint density at radius 2 is 1.59 bits per heavy atom. The van der Waals surface area contributed by atoms with Crippen molar-refractivity contribution in [2.75, 3.05) is 45.9 Å². The maximum atomic E-state index is 14.1. The third-order valence-corrected chi connectivity index (χ3v) is 7.73. The highest BCUT2D eigenvalue weighted by Crippen LogP contribution is 2.28. The molecule has 0 radical (unpaired) electrons. The third kappa shape index (κ3) is 7.42. The van der Waals surface area contributed by atoms with E-state index in [1.54, 1.807) is 24.4 Å². The Morgan fingerprint density at radius 1 is 0.838 bits per heavy atom. The van der Waals surface area contributed by atoms with Crippen LogP contribution in [-0.4, -0.2) is 66.8 Å². The number of hydrogen-bond acceptors (Lipinski definition) is 5. The van der Waals surface area contributed by atoms with E-state index < -0.39 is 0 Å². The van der Waals surface area contributed by atoms with Crippen molar-refractivity contribution >= 4 is 10.9 Å². The monoisotopic (exact) mass is 505 g/mol. The van der Waals surface area contributed by atoms with Gasteiger partial charge in [-0.1, -0.05) is 25.0 Å². The van der Waals surface area contributed by atoms with Crippen molar-refractivity contribution in [2.24, 2.45) is 0 Å². The minimum atomic E-state index is -0.256. The van der Waals surface area contributed by atoms with Gasteiger partial charge in [0.2, 0.25) is 0 Å². The molecule has 5 rings (SSSR count). The molecule has 3 heterocycles. The number of rotatable bonds is 10. The molecule has 0 spiro atoms. The summed E-state index contributed by atoms with van der Waals surface area (Å²) in [6.45, 7) is 7.51. The molecule has 1 aromatic heterocycles. The Bertz CT molecular complexity index is 1110. The molecule has 6 heteroatoms. The van der Waals surface area contributed by atoms with Crippen molar-refractivity contribution in [3.8, 4) is 11.5 Å². The summed E-state index contributed by atoms with van der Waals surface area (Å²) in [7, 11) is 0. The van der Waals surface area contributed by atoms with E-state index in [9.17, 15) is 4.39 Å². The van der Waals surface area contributed by atoms with Gasteiger partial charge in [-0.2, -0.15) is 0 Å². The molecule has 2 aliphatic rings. The predicted molar refractivity (Wildman–Crippen MR) is 147 cm³/mol. The average Bonchev–Trinajstić information content (AvgIpc) is 3.22. The van der Waals surface area contributed by atoms with Crippen molar-refractivity contribution in [1.29, 1.82) is 0 Å². The fraction of sp³-hybridized carbons (Fsp3) is 0.516. The number of hydrogen-bond donors (Lipinski definition) is 0. The molecular formula is C31H40FN3O2. The number of ether oxygens (including phenoxy) is 2. The molecular weight excluding hydrogens is 465 g/mol. The first-order valence-electron chi connectivity index (χ1n) is 14.1. The second-order valence-corrected chi connectivity index (χ2v) is 10.5. The summed E-state index contributed by atoms with van der Waals surface area (Å²) in [6.07, 6.45) is 11.4. The van der Waals surface area contributed by atoms with Crippen LogP contribution in [-0.2, 0) is 6.42 Å². The first-order chi connectivity index (χ1) is 18.2. The van der Waals surface area contributed by atoms with Gasteiger partial charge in [-0.3, -0.25) is 4.98 Å². The van der Waals surface area contributed by atoms with Crippen LogP contribution in [0.1, 0.15) is 50.5 Å². The molecule has 0 atom stereocenters. The molecule has 2 aliphatic heterocycles.